The summed E-state index contributed by atoms with van der Waals surface area (Å²) in [5.74, 6) is 0.587. The molecule has 0 bridgehead atoms. The Morgan fingerprint density at radius 2 is 2.17 bits per heavy atom. The molecule has 104 valence electrons. The normalized spacial score (nSPS) is 11.4. The number of nitrogens with one attached hydrogen (secondary N) is 1. The summed E-state index contributed by atoms with van der Waals surface area (Å²) in [6.07, 6.45) is 0.865. The van der Waals surface area contributed by atoms with E-state index in [4.69, 9.17) is 16.3 Å². The molecule has 1 heterocycles. The minimum Gasteiger partial charge on any atom is -0.380 e. The average Bonchev–Trinajstić information content (AvgIpc) is 2.59. The number of hydrogen-bond donors (Lipinski definition) is 1. The molecule has 0 unspecified atom stereocenters. The van der Waals surface area contributed by atoms with Crippen LogP contribution in [0, 0.1) is 5.92 Å². The molecule has 0 aliphatic heterocycles. The highest BCUT2D eigenvalue weighted by Gasteiger charge is 2.11. The van der Waals surface area contributed by atoms with E-state index in [9.17, 15) is 0 Å². The zero-order valence-corrected chi connectivity index (χ0v) is 12.5. The Balaban J connectivity index is 2.29. The van der Waals surface area contributed by atoms with Gasteiger partial charge >= 0.3 is 0 Å². The van der Waals surface area contributed by atoms with E-state index in [0.717, 1.165) is 49.1 Å². The Labute approximate surface area is 115 Å². The summed E-state index contributed by atoms with van der Waals surface area (Å²) in [4.78, 5) is 0. The van der Waals surface area contributed by atoms with Crippen LogP contribution in [0.5, 0.6) is 0 Å². The monoisotopic (exact) mass is 273 g/mol. The zero-order valence-electron chi connectivity index (χ0n) is 11.8. The Kier molecular flexibility index (Phi) is 6.68. The molecule has 0 saturated heterocycles. The summed E-state index contributed by atoms with van der Waals surface area (Å²) in [5.41, 5.74) is 2.00. The quantitative estimate of drug-likeness (QED) is 0.740. The number of halogens is 1. The zero-order chi connectivity index (χ0) is 13.5. The maximum atomic E-state index is 6.26. The largest absolute Gasteiger partial charge is 0.380 e. The van der Waals surface area contributed by atoms with Gasteiger partial charge in [-0.2, -0.15) is 5.10 Å². The fourth-order valence-electron chi connectivity index (χ4n) is 1.68. The molecule has 0 aliphatic carbocycles. The topological polar surface area (TPSA) is 39.1 Å². The van der Waals surface area contributed by atoms with Gasteiger partial charge in [-0.15, -0.1) is 0 Å². The average molecular weight is 274 g/mol. The van der Waals surface area contributed by atoms with E-state index in [1.54, 1.807) is 0 Å². The number of nitrogens with zero attached hydrogens (tertiary/aromatic N) is 2. The number of hydrogen-bond acceptors (Lipinski definition) is 3. The minimum absolute atomic E-state index is 0.587. The Morgan fingerprint density at radius 3 is 2.72 bits per heavy atom. The van der Waals surface area contributed by atoms with Crippen molar-refractivity contribution in [3.8, 4) is 0 Å². The van der Waals surface area contributed by atoms with Crippen LogP contribution in [0.4, 0.5) is 0 Å². The fraction of sp³-hybridized carbons (Fsp3) is 0.769. The second-order valence-electron chi connectivity index (χ2n) is 4.83. The Bertz CT molecular complexity index is 363. The van der Waals surface area contributed by atoms with Gasteiger partial charge in [0.05, 0.1) is 23.0 Å². The lowest BCUT2D eigenvalue weighted by Crippen LogP contribution is -2.21. The van der Waals surface area contributed by atoms with E-state index in [1.807, 2.05) is 11.7 Å². The maximum absolute atomic E-state index is 6.26. The highest BCUT2D eigenvalue weighted by Crippen LogP contribution is 2.20. The van der Waals surface area contributed by atoms with E-state index >= 15 is 0 Å². The number of aromatic nitrogens is 2. The summed E-state index contributed by atoms with van der Waals surface area (Å²) >= 11 is 6.26. The van der Waals surface area contributed by atoms with E-state index in [1.165, 1.54) is 0 Å². The van der Waals surface area contributed by atoms with Gasteiger partial charge in [0.2, 0.25) is 0 Å². The van der Waals surface area contributed by atoms with Gasteiger partial charge < -0.3 is 10.1 Å². The van der Waals surface area contributed by atoms with Gasteiger partial charge in [0, 0.05) is 26.7 Å². The lowest BCUT2D eigenvalue weighted by molar-refractivity contribution is 0.111. The predicted octanol–water partition coefficient (Wildman–Crippen LogP) is 2.40. The van der Waals surface area contributed by atoms with Gasteiger partial charge in [-0.3, -0.25) is 4.68 Å². The number of rotatable bonds is 8. The first kappa shape index (κ1) is 15.5. The van der Waals surface area contributed by atoms with Crippen LogP contribution in [0.15, 0.2) is 0 Å². The third-order valence-corrected chi connectivity index (χ3v) is 3.11. The van der Waals surface area contributed by atoms with Crippen molar-refractivity contribution < 1.29 is 4.74 Å². The Hall–Kier alpha value is -0.580. The molecular weight excluding hydrogens is 250 g/mol. The van der Waals surface area contributed by atoms with Crippen molar-refractivity contribution in [1.29, 1.82) is 0 Å². The number of aryl methyl sites for hydroxylation is 2. The van der Waals surface area contributed by atoms with Crippen LogP contribution in [0.1, 0.15) is 32.2 Å². The van der Waals surface area contributed by atoms with Crippen LogP contribution >= 0.6 is 11.6 Å². The summed E-state index contributed by atoms with van der Waals surface area (Å²) in [6, 6.07) is 0. The maximum Gasteiger partial charge on any atom is 0.0863 e. The van der Waals surface area contributed by atoms with Gasteiger partial charge in [0.25, 0.3) is 0 Å². The first-order valence-corrected chi connectivity index (χ1v) is 6.92. The van der Waals surface area contributed by atoms with Gasteiger partial charge in [-0.05, 0) is 12.3 Å². The lowest BCUT2D eigenvalue weighted by Gasteiger charge is -2.08. The van der Waals surface area contributed by atoms with Crippen LogP contribution in [0.2, 0.25) is 5.02 Å². The predicted molar refractivity (Wildman–Crippen MR) is 75.0 cm³/mol. The molecule has 0 spiro atoms. The molecule has 0 saturated carbocycles. The summed E-state index contributed by atoms with van der Waals surface area (Å²) < 4.78 is 7.35. The first-order valence-electron chi connectivity index (χ1n) is 6.55. The molecule has 5 heteroatoms. The molecule has 18 heavy (non-hydrogen) atoms. The van der Waals surface area contributed by atoms with E-state index in [2.05, 4.69) is 31.2 Å². The molecular formula is C13H24ClN3O. The molecule has 1 rings (SSSR count). The molecule has 0 fully saturated rings. The van der Waals surface area contributed by atoms with Gasteiger partial charge in [0.1, 0.15) is 0 Å². The van der Waals surface area contributed by atoms with Crippen molar-refractivity contribution in [1.82, 2.24) is 15.1 Å². The molecule has 1 aromatic rings. The van der Waals surface area contributed by atoms with Crippen molar-refractivity contribution >= 4 is 11.6 Å². The van der Waals surface area contributed by atoms with Crippen molar-refractivity contribution in [3.05, 3.63) is 16.4 Å². The molecule has 1 aromatic heterocycles. The summed E-state index contributed by atoms with van der Waals surface area (Å²) in [6.45, 7) is 9.46. The van der Waals surface area contributed by atoms with Crippen molar-refractivity contribution in [3.63, 3.8) is 0 Å². The molecule has 1 N–H and O–H groups in total. The molecule has 0 aromatic carbocycles. The van der Waals surface area contributed by atoms with Crippen LogP contribution in [0.25, 0.3) is 0 Å². The third-order valence-electron chi connectivity index (χ3n) is 2.67. The lowest BCUT2D eigenvalue weighted by atomic mass is 10.2. The molecule has 4 nitrogen and oxygen atoms in total. The standard InChI is InChI=1S/C13H24ClN3O/c1-5-11-13(14)12(17(4)16-11)8-15-6-7-18-9-10(2)3/h10,15H,5-9H2,1-4H3. The minimum atomic E-state index is 0.587. The van der Waals surface area contributed by atoms with Crippen molar-refractivity contribution in [2.24, 2.45) is 13.0 Å². The summed E-state index contributed by atoms with van der Waals surface area (Å²) in [7, 11) is 1.93. The van der Waals surface area contributed by atoms with Crippen LogP contribution < -0.4 is 5.32 Å². The number of ether oxygens (including phenoxy) is 1. The van der Waals surface area contributed by atoms with Crippen molar-refractivity contribution in [2.45, 2.75) is 33.7 Å². The SMILES string of the molecule is CCc1nn(C)c(CNCCOCC(C)C)c1Cl. The van der Waals surface area contributed by atoms with E-state index in [0.29, 0.717) is 5.92 Å². The third kappa shape index (κ3) is 4.59. The van der Waals surface area contributed by atoms with Crippen LogP contribution in [-0.2, 0) is 24.8 Å². The molecule has 0 aliphatic rings. The smallest absolute Gasteiger partial charge is 0.0863 e. The highest BCUT2D eigenvalue weighted by atomic mass is 35.5. The fourth-order valence-corrected chi connectivity index (χ4v) is 2.04. The van der Waals surface area contributed by atoms with Crippen LogP contribution in [-0.4, -0.2) is 29.5 Å². The van der Waals surface area contributed by atoms with E-state index < -0.39 is 0 Å². The first-order chi connectivity index (χ1) is 8.56. The van der Waals surface area contributed by atoms with Gasteiger partial charge in [0.15, 0.2) is 0 Å². The van der Waals surface area contributed by atoms with Gasteiger partial charge in [-0.1, -0.05) is 32.4 Å². The van der Waals surface area contributed by atoms with Crippen LogP contribution in [0.3, 0.4) is 0 Å². The van der Waals surface area contributed by atoms with Gasteiger partial charge in [-0.25, -0.2) is 0 Å². The van der Waals surface area contributed by atoms with Crippen molar-refractivity contribution in [2.75, 3.05) is 19.8 Å². The molecule has 0 atom stereocenters. The molecule has 0 radical (unpaired) electrons. The second-order valence-corrected chi connectivity index (χ2v) is 5.21. The summed E-state index contributed by atoms with van der Waals surface area (Å²) in [5, 5.41) is 8.49. The highest BCUT2D eigenvalue weighted by molar-refractivity contribution is 6.31. The molecule has 0 amide bonds. The second kappa shape index (κ2) is 7.77. The Morgan fingerprint density at radius 1 is 1.44 bits per heavy atom. The van der Waals surface area contributed by atoms with E-state index in [-0.39, 0.29) is 0 Å².